The molecule has 5 heteroatoms. The first-order valence-electron chi connectivity index (χ1n) is 6.37. The number of H-pyrrole nitrogens is 1. The Hall–Kier alpha value is -1.20. The summed E-state index contributed by atoms with van der Waals surface area (Å²) in [5.41, 5.74) is 1.95. The summed E-state index contributed by atoms with van der Waals surface area (Å²) in [6, 6.07) is 4.52. The molecule has 0 spiro atoms. The van der Waals surface area contributed by atoms with Crippen LogP contribution in [0.2, 0.25) is 0 Å². The summed E-state index contributed by atoms with van der Waals surface area (Å²) in [7, 11) is 2.15. The molecule has 0 aliphatic carbocycles. The Morgan fingerprint density at radius 3 is 3.06 bits per heavy atom. The van der Waals surface area contributed by atoms with Gasteiger partial charge in [0.2, 0.25) is 0 Å². The molecule has 0 bridgehead atoms. The lowest BCUT2D eigenvalue weighted by Crippen LogP contribution is -2.31. The highest BCUT2D eigenvalue weighted by Crippen LogP contribution is 2.11. The molecule has 0 fully saturated rings. The van der Waals surface area contributed by atoms with Crippen molar-refractivity contribution in [3.63, 3.8) is 0 Å². The van der Waals surface area contributed by atoms with Gasteiger partial charge in [0, 0.05) is 25.3 Å². The molecule has 4 nitrogen and oxygen atoms in total. The number of fused-ring (bicyclic) bond motifs is 1. The lowest BCUT2D eigenvalue weighted by atomic mass is 10.2. The normalized spacial score (nSPS) is 13.3. The monoisotopic (exact) mass is 264 g/mol. The first-order valence-corrected chi connectivity index (χ1v) is 6.78. The number of nitrogens with one attached hydrogen (secondary N) is 1. The predicted octanol–water partition coefficient (Wildman–Crippen LogP) is 2.82. The lowest BCUT2D eigenvalue weighted by molar-refractivity contribution is 0.243. The van der Waals surface area contributed by atoms with Gasteiger partial charge in [-0.3, -0.25) is 0 Å². The zero-order valence-electron chi connectivity index (χ0n) is 11.2. The Labute approximate surface area is 113 Å². The van der Waals surface area contributed by atoms with Crippen LogP contribution in [0.3, 0.4) is 0 Å². The maximum atomic E-state index is 5.35. The highest BCUT2D eigenvalue weighted by atomic mass is 32.1. The molecule has 2 aromatic rings. The minimum atomic E-state index is 0.595. The Morgan fingerprint density at radius 2 is 2.33 bits per heavy atom. The molecule has 0 saturated heterocycles. The van der Waals surface area contributed by atoms with Crippen LogP contribution in [0.1, 0.15) is 20.3 Å². The van der Waals surface area contributed by atoms with Gasteiger partial charge in [-0.05, 0) is 44.7 Å². The van der Waals surface area contributed by atoms with E-state index in [4.69, 9.17) is 12.2 Å². The summed E-state index contributed by atoms with van der Waals surface area (Å²) < 4.78 is 2.82. The summed E-state index contributed by atoms with van der Waals surface area (Å²) in [6.45, 7) is 6.30. The number of imidazole rings is 1. The molecule has 0 radical (unpaired) electrons. The van der Waals surface area contributed by atoms with E-state index >= 15 is 0 Å². The van der Waals surface area contributed by atoms with E-state index in [0.29, 0.717) is 6.04 Å². The molecule has 0 aliphatic heterocycles. The van der Waals surface area contributed by atoms with Crippen molar-refractivity contribution in [1.29, 1.82) is 0 Å². The molecular formula is C13H20N4S. The van der Waals surface area contributed by atoms with Crippen molar-refractivity contribution in [3.8, 4) is 0 Å². The summed E-state index contributed by atoms with van der Waals surface area (Å²) in [6.07, 6.45) is 2.97. The number of hydrogen-bond donors (Lipinski definition) is 1. The van der Waals surface area contributed by atoms with Gasteiger partial charge in [-0.25, -0.2) is 4.98 Å². The first kappa shape index (κ1) is 13.2. The van der Waals surface area contributed by atoms with Crippen LogP contribution in [-0.2, 0) is 6.54 Å². The fourth-order valence-electron chi connectivity index (χ4n) is 1.99. The topological polar surface area (TPSA) is 36.9 Å². The van der Waals surface area contributed by atoms with E-state index in [1.165, 1.54) is 0 Å². The molecule has 0 aliphatic rings. The number of nitrogens with zero attached hydrogens (tertiary/aromatic N) is 3. The van der Waals surface area contributed by atoms with Crippen LogP contribution in [0.4, 0.5) is 0 Å². The second-order valence-corrected chi connectivity index (χ2v) is 5.08. The Morgan fingerprint density at radius 1 is 1.56 bits per heavy atom. The summed E-state index contributed by atoms with van der Waals surface area (Å²) >= 11 is 5.35. The van der Waals surface area contributed by atoms with Crippen molar-refractivity contribution >= 4 is 23.4 Å². The van der Waals surface area contributed by atoms with Gasteiger partial charge in [-0.15, -0.1) is 0 Å². The SMILES string of the molecule is CCC(C)N(C)CCn1c(=S)[nH]c2cccnc21. The number of aromatic nitrogens is 3. The fraction of sp³-hybridized carbons (Fsp3) is 0.538. The third-order valence-electron chi connectivity index (χ3n) is 3.55. The van der Waals surface area contributed by atoms with Crippen LogP contribution >= 0.6 is 12.2 Å². The molecule has 1 unspecified atom stereocenters. The molecule has 18 heavy (non-hydrogen) atoms. The number of likely N-dealkylation sites (N-methyl/N-ethyl adjacent to an activating group) is 1. The average molecular weight is 264 g/mol. The van der Waals surface area contributed by atoms with Crippen molar-refractivity contribution in [2.45, 2.75) is 32.9 Å². The molecule has 98 valence electrons. The van der Waals surface area contributed by atoms with Crippen LogP contribution < -0.4 is 0 Å². The van der Waals surface area contributed by atoms with Crippen molar-refractivity contribution in [2.75, 3.05) is 13.6 Å². The molecule has 0 aromatic carbocycles. The van der Waals surface area contributed by atoms with E-state index in [0.717, 1.165) is 35.4 Å². The second kappa shape index (κ2) is 5.63. The molecule has 1 N–H and O–H groups in total. The highest BCUT2D eigenvalue weighted by Gasteiger charge is 2.09. The van der Waals surface area contributed by atoms with Crippen LogP contribution in [0, 0.1) is 4.77 Å². The number of hydrogen-bond acceptors (Lipinski definition) is 3. The fourth-order valence-corrected chi connectivity index (χ4v) is 2.27. The summed E-state index contributed by atoms with van der Waals surface area (Å²) in [4.78, 5) is 9.93. The molecule has 2 heterocycles. The van der Waals surface area contributed by atoms with Crippen LogP contribution in [0.25, 0.3) is 11.2 Å². The largest absolute Gasteiger partial charge is 0.329 e. The molecule has 2 rings (SSSR count). The van der Waals surface area contributed by atoms with Crippen LogP contribution in [0.5, 0.6) is 0 Å². The van der Waals surface area contributed by atoms with Gasteiger partial charge in [0.25, 0.3) is 0 Å². The number of pyridine rings is 1. The van der Waals surface area contributed by atoms with E-state index in [9.17, 15) is 0 Å². The molecule has 1 atom stereocenters. The van der Waals surface area contributed by atoms with Gasteiger partial charge < -0.3 is 14.5 Å². The first-order chi connectivity index (χ1) is 8.63. The van der Waals surface area contributed by atoms with Gasteiger partial charge >= 0.3 is 0 Å². The summed E-state index contributed by atoms with van der Waals surface area (Å²) in [5.74, 6) is 0. The smallest absolute Gasteiger partial charge is 0.179 e. The van der Waals surface area contributed by atoms with Gasteiger partial charge in [0.05, 0.1) is 5.52 Å². The van der Waals surface area contributed by atoms with Gasteiger partial charge in [-0.1, -0.05) is 6.92 Å². The predicted molar refractivity (Wildman–Crippen MR) is 77.3 cm³/mol. The average Bonchev–Trinajstić information content (AvgIpc) is 2.70. The molecule has 0 saturated carbocycles. The Balaban J connectivity index is 2.17. The quantitative estimate of drug-likeness (QED) is 0.844. The number of aromatic amines is 1. The van der Waals surface area contributed by atoms with Crippen molar-refractivity contribution in [3.05, 3.63) is 23.1 Å². The maximum Gasteiger partial charge on any atom is 0.179 e. The highest BCUT2D eigenvalue weighted by molar-refractivity contribution is 7.71. The Kier molecular flexibility index (Phi) is 4.14. The minimum Gasteiger partial charge on any atom is -0.329 e. The standard InChI is InChI=1S/C13H20N4S/c1-4-10(2)16(3)8-9-17-12-11(15-13(17)18)6-5-7-14-12/h5-7,10H,4,8-9H2,1-3H3,(H,15,18). The van der Waals surface area contributed by atoms with E-state index in [-0.39, 0.29) is 0 Å². The lowest BCUT2D eigenvalue weighted by Gasteiger charge is -2.23. The van der Waals surface area contributed by atoms with Crippen LogP contribution in [-0.4, -0.2) is 39.1 Å². The zero-order chi connectivity index (χ0) is 13.1. The maximum absolute atomic E-state index is 5.35. The third-order valence-corrected chi connectivity index (χ3v) is 3.87. The van der Waals surface area contributed by atoms with E-state index in [1.807, 2.05) is 12.1 Å². The van der Waals surface area contributed by atoms with Gasteiger partial charge in [-0.2, -0.15) is 0 Å². The second-order valence-electron chi connectivity index (χ2n) is 4.69. The van der Waals surface area contributed by atoms with Gasteiger partial charge in [0.15, 0.2) is 10.4 Å². The zero-order valence-corrected chi connectivity index (χ0v) is 12.0. The molecular weight excluding hydrogens is 244 g/mol. The van der Waals surface area contributed by atoms with E-state index in [2.05, 4.69) is 40.3 Å². The van der Waals surface area contributed by atoms with Crippen molar-refractivity contribution in [1.82, 2.24) is 19.4 Å². The molecule has 2 aromatic heterocycles. The van der Waals surface area contributed by atoms with Crippen molar-refractivity contribution < 1.29 is 0 Å². The molecule has 0 amide bonds. The minimum absolute atomic E-state index is 0.595. The third kappa shape index (κ3) is 2.62. The van der Waals surface area contributed by atoms with E-state index in [1.54, 1.807) is 6.20 Å². The number of rotatable bonds is 5. The summed E-state index contributed by atoms with van der Waals surface area (Å²) in [5, 5.41) is 0. The van der Waals surface area contributed by atoms with Crippen molar-refractivity contribution in [2.24, 2.45) is 0 Å². The van der Waals surface area contributed by atoms with E-state index < -0.39 is 0 Å². The Bertz CT molecular complexity index is 572. The van der Waals surface area contributed by atoms with Crippen LogP contribution in [0.15, 0.2) is 18.3 Å². The van der Waals surface area contributed by atoms with Gasteiger partial charge in [0.1, 0.15) is 0 Å².